The van der Waals surface area contributed by atoms with Crippen molar-refractivity contribution in [2.75, 3.05) is 0 Å². The summed E-state index contributed by atoms with van der Waals surface area (Å²) in [4.78, 5) is 7.84. The van der Waals surface area contributed by atoms with Gasteiger partial charge in [0.1, 0.15) is 10.5 Å². The van der Waals surface area contributed by atoms with E-state index in [2.05, 4.69) is 9.97 Å². The normalized spacial score (nSPS) is 13.8. The smallest absolute Gasteiger partial charge is 0.139 e. The van der Waals surface area contributed by atoms with Gasteiger partial charge in [-0.25, -0.2) is 4.98 Å². The van der Waals surface area contributed by atoms with Crippen molar-refractivity contribution in [3.63, 3.8) is 0 Å². The van der Waals surface area contributed by atoms with E-state index in [1.54, 1.807) is 0 Å². The molecule has 0 aliphatic carbocycles. The van der Waals surface area contributed by atoms with Crippen molar-refractivity contribution in [1.29, 1.82) is 0 Å². The fraction of sp³-hybridized carbons (Fsp3) is 0.167. The number of rotatable bonds is 1. The molecular weight excluding hydrogens is 236 g/mol. The molecule has 0 radical (unpaired) electrons. The zero-order valence-electron chi connectivity index (χ0n) is 8.56. The van der Waals surface area contributed by atoms with Crippen LogP contribution in [0.4, 0.5) is 0 Å². The third kappa shape index (κ3) is 1.68. The summed E-state index contributed by atoms with van der Waals surface area (Å²) in [5.41, 5.74) is 3.54. The molecule has 1 N–H and O–H groups in total. The lowest BCUT2D eigenvalue weighted by Crippen LogP contribution is -1.96. The van der Waals surface area contributed by atoms with Crippen molar-refractivity contribution in [2.24, 2.45) is 0 Å². The highest BCUT2D eigenvalue weighted by Gasteiger charge is 2.15. The van der Waals surface area contributed by atoms with Crippen LogP contribution in [-0.4, -0.2) is 9.97 Å². The zero-order valence-corrected chi connectivity index (χ0v) is 10.2. The molecule has 16 heavy (non-hydrogen) atoms. The van der Waals surface area contributed by atoms with E-state index in [9.17, 15) is 0 Å². The molecule has 1 aliphatic heterocycles. The Hall–Kier alpha value is -1.13. The molecule has 0 unspecified atom stereocenters. The standard InChI is InChI=1S/C12H10N2S2/c15-12-9-6-16-7-10(9)13-11(14-12)8-4-2-1-3-5-8/h1-5H,6-7H2,(H,13,14,15). The quantitative estimate of drug-likeness (QED) is 0.780. The molecule has 1 aliphatic rings. The SMILES string of the molecule is S=c1nc(-c2ccccc2)[nH]c2c1CSC2. The van der Waals surface area contributed by atoms with Crippen LogP contribution in [0.1, 0.15) is 11.3 Å². The lowest BCUT2D eigenvalue weighted by molar-refractivity contribution is 1.06. The topological polar surface area (TPSA) is 28.7 Å². The highest BCUT2D eigenvalue weighted by atomic mass is 32.2. The number of fused-ring (bicyclic) bond motifs is 1. The first-order chi connectivity index (χ1) is 7.84. The molecule has 0 saturated carbocycles. The summed E-state index contributed by atoms with van der Waals surface area (Å²) < 4.78 is 0.748. The van der Waals surface area contributed by atoms with Crippen LogP contribution >= 0.6 is 24.0 Å². The maximum Gasteiger partial charge on any atom is 0.139 e. The third-order valence-electron chi connectivity index (χ3n) is 2.65. The summed E-state index contributed by atoms with van der Waals surface area (Å²) in [5.74, 6) is 2.89. The summed E-state index contributed by atoms with van der Waals surface area (Å²) in [6, 6.07) is 10.1. The van der Waals surface area contributed by atoms with Gasteiger partial charge in [0.05, 0.1) is 0 Å². The summed E-state index contributed by atoms with van der Waals surface area (Å²) >= 11 is 7.20. The molecule has 2 nitrogen and oxygen atoms in total. The van der Waals surface area contributed by atoms with Crippen molar-refractivity contribution in [2.45, 2.75) is 11.5 Å². The number of hydrogen-bond acceptors (Lipinski definition) is 3. The van der Waals surface area contributed by atoms with E-state index in [1.807, 2.05) is 42.1 Å². The van der Waals surface area contributed by atoms with Gasteiger partial charge in [-0.2, -0.15) is 11.8 Å². The first-order valence-corrected chi connectivity index (χ1v) is 6.66. The van der Waals surface area contributed by atoms with Crippen LogP contribution in [0.2, 0.25) is 0 Å². The van der Waals surface area contributed by atoms with Crippen molar-refractivity contribution in [3.05, 3.63) is 46.2 Å². The number of thioether (sulfide) groups is 1. The van der Waals surface area contributed by atoms with E-state index in [-0.39, 0.29) is 0 Å². The molecule has 0 saturated heterocycles. The molecule has 1 aromatic carbocycles. The van der Waals surface area contributed by atoms with Crippen molar-refractivity contribution >= 4 is 24.0 Å². The Kier molecular flexibility index (Phi) is 2.53. The van der Waals surface area contributed by atoms with Crippen LogP contribution in [0.15, 0.2) is 30.3 Å². The fourth-order valence-electron chi connectivity index (χ4n) is 1.80. The lowest BCUT2D eigenvalue weighted by atomic mass is 10.2. The molecule has 3 rings (SSSR count). The number of hydrogen-bond donors (Lipinski definition) is 1. The van der Waals surface area contributed by atoms with Crippen molar-refractivity contribution in [1.82, 2.24) is 9.97 Å². The number of benzene rings is 1. The number of H-pyrrole nitrogens is 1. The Morgan fingerprint density at radius 2 is 2.00 bits per heavy atom. The Bertz CT molecular complexity index is 575. The van der Waals surface area contributed by atoms with Gasteiger partial charge < -0.3 is 4.98 Å². The Morgan fingerprint density at radius 3 is 2.81 bits per heavy atom. The predicted molar refractivity (Wildman–Crippen MR) is 69.9 cm³/mol. The van der Waals surface area contributed by atoms with Gasteiger partial charge in [0.15, 0.2) is 0 Å². The van der Waals surface area contributed by atoms with Gasteiger partial charge in [-0.1, -0.05) is 42.5 Å². The molecule has 2 heterocycles. The summed E-state index contributed by atoms with van der Waals surface area (Å²) in [7, 11) is 0. The van der Waals surface area contributed by atoms with Crippen molar-refractivity contribution in [3.8, 4) is 11.4 Å². The van der Waals surface area contributed by atoms with Crippen LogP contribution in [0, 0.1) is 4.64 Å². The minimum Gasteiger partial charge on any atom is -0.342 e. The monoisotopic (exact) mass is 246 g/mol. The summed E-state index contributed by atoms with van der Waals surface area (Å²) in [5, 5.41) is 0. The molecule has 0 spiro atoms. The largest absolute Gasteiger partial charge is 0.342 e. The van der Waals surface area contributed by atoms with E-state index >= 15 is 0 Å². The average Bonchev–Trinajstić information content (AvgIpc) is 2.79. The average molecular weight is 246 g/mol. The van der Waals surface area contributed by atoms with Crippen LogP contribution in [0.5, 0.6) is 0 Å². The number of nitrogens with zero attached hydrogens (tertiary/aromatic N) is 1. The van der Waals surface area contributed by atoms with Gasteiger partial charge in [-0.3, -0.25) is 0 Å². The van der Waals surface area contributed by atoms with Crippen LogP contribution in [0.3, 0.4) is 0 Å². The molecule has 80 valence electrons. The van der Waals surface area contributed by atoms with Crippen LogP contribution in [0.25, 0.3) is 11.4 Å². The second kappa shape index (κ2) is 4.03. The molecule has 2 aromatic rings. The van der Waals surface area contributed by atoms with Gasteiger partial charge in [0.25, 0.3) is 0 Å². The maximum atomic E-state index is 5.32. The molecule has 4 heteroatoms. The molecular formula is C12H10N2S2. The lowest BCUT2D eigenvalue weighted by Gasteiger charge is -2.04. The maximum absolute atomic E-state index is 5.32. The van der Waals surface area contributed by atoms with E-state index in [0.717, 1.165) is 27.5 Å². The highest BCUT2D eigenvalue weighted by molar-refractivity contribution is 7.98. The van der Waals surface area contributed by atoms with E-state index in [4.69, 9.17) is 12.2 Å². The second-order valence-corrected chi connectivity index (χ2v) is 5.08. The Labute approximate surface area is 103 Å². The van der Waals surface area contributed by atoms with E-state index in [1.165, 1.54) is 11.3 Å². The van der Waals surface area contributed by atoms with Crippen molar-refractivity contribution < 1.29 is 0 Å². The van der Waals surface area contributed by atoms with Crippen LogP contribution < -0.4 is 0 Å². The minimum atomic E-state index is 0.748. The number of nitrogens with one attached hydrogen (secondary N) is 1. The Balaban J connectivity index is 2.17. The highest BCUT2D eigenvalue weighted by Crippen LogP contribution is 2.30. The minimum absolute atomic E-state index is 0.748. The summed E-state index contributed by atoms with van der Waals surface area (Å²) in [6.07, 6.45) is 0. The molecule has 0 bridgehead atoms. The number of aromatic amines is 1. The zero-order chi connectivity index (χ0) is 11.0. The predicted octanol–water partition coefficient (Wildman–Crippen LogP) is 3.55. The van der Waals surface area contributed by atoms with E-state index in [0.29, 0.717) is 0 Å². The molecule has 1 aromatic heterocycles. The van der Waals surface area contributed by atoms with Gasteiger partial charge in [0, 0.05) is 28.3 Å². The number of aromatic nitrogens is 2. The van der Waals surface area contributed by atoms with Gasteiger partial charge in [-0.05, 0) is 0 Å². The molecule has 0 amide bonds. The fourth-order valence-corrected chi connectivity index (χ4v) is 3.25. The third-order valence-corrected chi connectivity index (χ3v) is 3.97. The van der Waals surface area contributed by atoms with Crippen LogP contribution in [-0.2, 0) is 11.5 Å². The van der Waals surface area contributed by atoms with Gasteiger partial charge in [0.2, 0.25) is 0 Å². The first kappa shape index (κ1) is 10.1. The Morgan fingerprint density at radius 1 is 1.19 bits per heavy atom. The second-order valence-electron chi connectivity index (χ2n) is 3.71. The molecule has 0 fully saturated rings. The summed E-state index contributed by atoms with van der Waals surface area (Å²) in [6.45, 7) is 0. The van der Waals surface area contributed by atoms with Gasteiger partial charge in [-0.15, -0.1) is 0 Å². The van der Waals surface area contributed by atoms with Gasteiger partial charge >= 0.3 is 0 Å². The molecule has 0 atom stereocenters. The first-order valence-electron chi connectivity index (χ1n) is 5.10. The van der Waals surface area contributed by atoms with E-state index < -0.39 is 0 Å².